The molecule has 0 saturated heterocycles. The van der Waals surface area contributed by atoms with Gasteiger partial charge in [-0.15, -0.1) is 0 Å². The molecule has 0 rings (SSSR count). The van der Waals surface area contributed by atoms with E-state index in [1.165, 1.54) is 5.57 Å². The van der Waals surface area contributed by atoms with Crippen LogP contribution < -0.4 is 0 Å². The Morgan fingerprint density at radius 3 is 2.45 bits per heavy atom. The van der Waals surface area contributed by atoms with Crippen molar-refractivity contribution >= 4 is 31.9 Å². The second-order valence-corrected chi connectivity index (χ2v) is 3.69. The van der Waals surface area contributed by atoms with Crippen LogP contribution in [0.25, 0.3) is 0 Å². The molecular formula is C8H12Br2O. The maximum Gasteiger partial charge on any atom is 0.117 e. The highest BCUT2D eigenvalue weighted by Gasteiger charge is 1.96. The molecule has 11 heavy (non-hydrogen) atoms. The monoisotopic (exact) mass is 282 g/mol. The second-order valence-electron chi connectivity index (χ2n) is 2.27. The first kappa shape index (κ1) is 11.2. The normalized spacial score (nSPS) is 14.7. The molecule has 0 aliphatic rings. The van der Waals surface area contributed by atoms with Gasteiger partial charge in [-0.25, -0.2) is 0 Å². The quantitative estimate of drug-likeness (QED) is 0.473. The van der Waals surface area contributed by atoms with E-state index in [0.717, 1.165) is 10.9 Å². The summed E-state index contributed by atoms with van der Waals surface area (Å²) in [6, 6.07) is 0. The lowest BCUT2D eigenvalue weighted by Gasteiger charge is -1.97. The van der Waals surface area contributed by atoms with Gasteiger partial charge in [0.2, 0.25) is 0 Å². The van der Waals surface area contributed by atoms with Gasteiger partial charge in [0.1, 0.15) is 5.76 Å². The van der Waals surface area contributed by atoms with Crippen molar-refractivity contribution in [3.8, 4) is 0 Å². The van der Waals surface area contributed by atoms with Crippen molar-refractivity contribution in [3.05, 3.63) is 21.9 Å². The second kappa shape index (κ2) is 5.84. The van der Waals surface area contributed by atoms with Crippen molar-refractivity contribution in [2.45, 2.75) is 20.3 Å². The summed E-state index contributed by atoms with van der Waals surface area (Å²) in [7, 11) is 0. The number of hydrogen-bond acceptors (Lipinski definition) is 1. The summed E-state index contributed by atoms with van der Waals surface area (Å²) < 4.78 is 0.758. The van der Waals surface area contributed by atoms with Gasteiger partial charge in [-0.1, -0.05) is 28.4 Å². The first-order valence-electron chi connectivity index (χ1n) is 3.42. The first-order chi connectivity index (χ1) is 5.11. The van der Waals surface area contributed by atoms with Crippen LogP contribution in [0.15, 0.2) is 21.9 Å². The Labute approximate surface area is 84.4 Å². The van der Waals surface area contributed by atoms with E-state index in [1.807, 2.05) is 13.0 Å². The molecule has 64 valence electrons. The number of hydrogen-bond donors (Lipinski definition) is 1. The number of halogens is 2. The van der Waals surface area contributed by atoms with E-state index in [2.05, 4.69) is 38.8 Å². The van der Waals surface area contributed by atoms with Crippen LogP contribution in [0, 0.1) is 0 Å². The van der Waals surface area contributed by atoms with E-state index < -0.39 is 0 Å². The lowest BCUT2D eigenvalue weighted by Crippen LogP contribution is -1.84. The number of aliphatic hydroxyl groups excluding tert-OH is 1. The molecule has 0 atom stereocenters. The molecular weight excluding hydrogens is 272 g/mol. The van der Waals surface area contributed by atoms with E-state index >= 15 is 0 Å². The third-order valence-corrected chi connectivity index (χ3v) is 2.55. The Morgan fingerprint density at radius 2 is 2.09 bits per heavy atom. The summed E-state index contributed by atoms with van der Waals surface area (Å²) in [6.07, 6.45) is 2.93. The van der Waals surface area contributed by atoms with Crippen LogP contribution in [0.3, 0.4) is 0 Å². The fraction of sp³-hybridized carbons (Fsp3) is 0.500. The smallest absolute Gasteiger partial charge is 0.117 e. The minimum Gasteiger partial charge on any atom is -0.510 e. The molecule has 0 spiro atoms. The van der Waals surface area contributed by atoms with E-state index in [9.17, 15) is 5.11 Å². The molecule has 0 saturated carbocycles. The zero-order valence-corrected chi connectivity index (χ0v) is 9.87. The fourth-order valence-electron chi connectivity index (χ4n) is 0.466. The van der Waals surface area contributed by atoms with Gasteiger partial charge in [0.25, 0.3) is 0 Å². The number of rotatable bonds is 3. The molecule has 0 aromatic carbocycles. The molecule has 1 nitrogen and oxygen atoms in total. The van der Waals surface area contributed by atoms with Crippen molar-refractivity contribution in [2.24, 2.45) is 0 Å². The standard InChI is InChI=1S/C8H12Br2O/c1-3-6(2)4-7(10)8(11)5-9/h4,11H,3,5H2,1-2H3/b6-4-,8-7-. The van der Waals surface area contributed by atoms with Crippen molar-refractivity contribution in [1.82, 2.24) is 0 Å². The Balaban J connectivity index is 4.37. The average Bonchev–Trinajstić information content (AvgIpc) is 2.02. The van der Waals surface area contributed by atoms with Gasteiger partial charge < -0.3 is 5.11 Å². The molecule has 0 bridgehead atoms. The Kier molecular flexibility index (Phi) is 5.96. The van der Waals surface area contributed by atoms with Crippen molar-refractivity contribution < 1.29 is 5.11 Å². The van der Waals surface area contributed by atoms with E-state index in [4.69, 9.17) is 0 Å². The molecule has 0 aromatic heterocycles. The summed E-state index contributed by atoms with van der Waals surface area (Å²) in [5.41, 5.74) is 1.24. The summed E-state index contributed by atoms with van der Waals surface area (Å²) in [4.78, 5) is 0. The van der Waals surface area contributed by atoms with Crippen molar-refractivity contribution in [1.29, 1.82) is 0 Å². The van der Waals surface area contributed by atoms with Crippen LogP contribution >= 0.6 is 31.9 Å². The molecule has 0 fully saturated rings. The fourth-order valence-corrected chi connectivity index (χ4v) is 1.67. The maximum atomic E-state index is 9.21. The highest BCUT2D eigenvalue weighted by atomic mass is 79.9. The third-order valence-electron chi connectivity index (χ3n) is 1.33. The molecule has 0 unspecified atom stereocenters. The van der Waals surface area contributed by atoms with Gasteiger partial charge in [0.15, 0.2) is 0 Å². The average molecular weight is 284 g/mol. The summed E-state index contributed by atoms with van der Waals surface area (Å²) in [5, 5.41) is 9.70. The molecule has 0 radical (unpaired) electrons. The van der Waals surface area contributed by atoms with Crippen LogP contribution in [0.4, 0.5) is 0 Å². The van der Waals surface area contributed by atoms with Crippen LogP contribution in [-0.4, -0.2) is 10.4 Å². The predicted octanol–water partition coefficient (Wildman–Crippen LogP) is 3.90. The lowest BCUT2D eigenvalue weighted by molar-refractivity contribution is 0.417. The SMILES string of the molecule is CC/C(C)=C\C(Br)=C(\O)CBr. The third kappa shape index (κ3) is 4.64. The van der Waals surface area contributed by atoms with E-state index in [1.54, 1.807) is 0 Å². The van der Waals surface area contributed by atoms with Crippen LogP contribution in [-0.2, 0) is 0 Å². The van der Waals surface area contributed by atoms with Gasteiger partial charge >= 0.3 is 0 Å². The zero-order chi connectivity index (χ0) is 8.85. The van der Waals surface area contributed by atoms with Gasteiger partial charge in [0, 0.05) is 0 Å². The topological polar surface area (TPSA) is 20.2 Å². The highest BCUT2D eigenvalue weighted by Crippen LogP contribution is 2.16. The molecule has 0 aliphatic heterocycles. The molecule has 3 heteroatoms. The largest absolute Gasteiger partial charge is 0.510 e. The van der Waals surface area contributed by atoms with E-state index in [-0.39, 0.29) is 0 Å². The van der Waals surface area contributed by atoms with Gasteiger partial charge in [-0.2, -0.15) is 0 Å². The zero-order valence-electron chi connectivity index (χ0n) is 6.69. The van der Waals surface area contributed by atoms with Gasteiger partial charge in [-0.05, 0) is 35.4 Å². The van der Waals surface area contributed by atoms with Gasteiger partial charge in [-0.3, -0.25) is 0 Å². The molecule has 0 aromatic rings. The molecule has 0 amide bonds. The van der Waals surface area contributed by atoms with Crippen molar-refractivity contribution in [3.63, 3.8) is 0 Å². The van der Waals surface area contributed by atoms with E-state index in [0.29, 0.717) is 11.1 Å². The molecule has 1 N–H and O–H groups in total. The summed E-state index contributed by atoms with van der Waals surface area (Å²) >= 11 is 6.43. The predicted molar refractivity (Wildman–Crippen MR) is 56.4 cm³/mol. The number of aliphatic hydroxyl groups is 1. The highest BCUT2D eigenvalue weighted by molar-refractivity contribution is 9.12. The number of allylic oxidation sites excluding steroid dienone is 4. The van der Waals surface area contributed by atoms with Crippen LogP contribution in [0.1, 0.15) is 20.3 Å². The summed E-state index contributed by atoms with van der Waals surface area (Å²) in [5.74, 6) is 0.331. The molecule has 0 heterocycles. The maximum absolute atomic E-state index is 9.21. The Hall–Kier alpha value is 0.240. The van der Waals surface area contributed by atoms with Crippen LogP contribution in [0.2, 0.25) is 0 Å². The lowest BCUT2D eigenvalue weighted by atomic mass is 10.2. The minimum atomic E-state index is 0.331. The van der Waals surface area contributed by atoms with Crippen LogP contribution in [0.5, 0.6) is 0 Å². The molecule has 0 aliphatic carbocycles. The summed E-state index contributed by atoms with van der Waals surface area (Å²) in [6.45, 7) is 4.11. The van der Waals surface area contributed by atoms with Gasteiger partial charge in [0.05, 0.1) is 9.81 Å². The number of alkyl halides is 1. The Bertz CT molecular complexity index is 183. The first-order valence-corrected chi connectivity index (χ1v) is 5.34. The Morgan fingerprint density at radius 1 is 1.55 bits per heavy atom. The van der Waals surface area contributed by atoms with Crippen molar-refractivity contribution in [2.75, 3.05) is 5.33 Å². The minimum absolute atomic E-state index is 0.331.